The van der Waals surface area contributed by atoms with Gasteiger partial charge in [0.25, 0.3) is 5.91 Å². The molecule has 0 saturated heterocycles. The van der Waals surface area contributed by atoms with Crippen LogP contribution in [0.15, 0.2) is 46.9 Å². The van der Waals surface area contributed by atoms with Crippen LogP contribution in [0.2, 0.25) is 0 Å². The van der Waals surface area contributed by atoms with Gasteiger partial charge < -0.3 is 16.8 Å². The third-order valence-corrected chi connectivity index (χ3v) is 3.63. The first kappa shape index (κ1) is 14.4. The van der Waals surface area contributed by atoms with Crippen molar-refractivity contribution < 1.29 is 4.79 Å². The highest BCUT2D eigenvalue weighted by Gasteiger charge is 2.11. The Hall–Kier alpha value is -2.01. The van der Waals surface area contributed by atoms with Crippen molar-refractivity contribution in [3.05, 3.63) is 58.1 Å². The van der Waals surface area contributed by atoms with Crippen LogP contribution in [0.3, 0.4) is 0 Å². The monoisotopic (exact) mass is 333 g/mol. The maximum Gasteiger partial charge on any atom is 0.251 e. The van der Waals surface area contributed by atoms with Gasteiger partial charge in [0.2, 0.25) is 0 Å². The Balaban J connectivity index is 2.02. The zero-order valence-electron chi connectivity index (χ0n) is 10.9. The highest BCUT2D eigenvalue weighted by atomic mass is 79.9. The highest BCUT2D eigenvalue weighted by molar-refractivity contribution is 9.10. The summed E-state index contributed by atoms with van der Waals surface area (Å²) >= 11 is 3.34. The Bertz CT molecular complexity index is 611. The first-order chi connectivity index (χ1) is 9.58. The SMILES string of the molecule is NC(=O)c1c(Br)cccc1NCCc1ccc(N)cc1. The third kappa shape index (κ3) is 3.51. The number of rotatable bonds is 5. The molecule has 0 heterocycles. The van der Waals surface area contributed by atoms with Crippen LogP contribution in [0.4, 0.5) is 11.4 Å². The fraction of sp³-hybridized carbons (Fsp3) is 0.133. The number of nitrogens with two attached hydrogens (primary N) is 2. The molecule has 104 valence electrons. The van der Waals surface area contributed by atoms with E-state index in [4.69, 9.17) is 11.5 Å². The lowest BCUT2D eigenvalue weighted by Crippen LogP contribution is -2.16. The molecule has 5 heteroatoms. The van der Waals surface area contributed by atoms with Gasteiger partial charge in [-0.3, -0.25) is 4.79 Å². The Kier molecular flexibility index (Phi) is 4.63. The van der Waals surface area contributed by atoms with Crippen molar-refractivity contribution in [3.63, 3.8) is 0 Å². The van der Waals surface area contributed by atoms with E-state index in [1.54, 1.807) is 6.07 Å². The van der Waals surface area contributed by atoms with Gasteiger partial charge in [-0.2, -0.15) is 0 Å². The lowest BCUT2D eigenvalue weighted by Gasteiger charge is -2.11. The number of nitrogen functional groups attached to an aromatic ring is 1. The molecule has 2 aromatic rings. The van der Waals surface area contributed by atoms with E-state index in [9.17, 15) is 4.79 Å². The average Bonchev–Trinajstić information content (AvgIpc) is 2.40. The Labute approximate surface area is 126 Å². The Morgan fingerprint density at radius 1 is 1.15 bits per heavy atom. The van der Waals surface area contributed by atoms with Crippen LogP contribution in [-0.2, 0) is 6.42 Å². The lowest BCUT2D eigenvalue weighted by molar-refractivity contribution is 0.100. The molecule has 0 aliphatic carbocycles. The van der Waals surface area contributed by atoms with E-state index in [-0.39, 0.29) is 0 Å². The lowest BCUT2D eigenvalue weighted by atomic mass is 10.1. The molecular formula is C15H16BrN3O. The van der Waals surface area contributed by atoms with E-state index in [1.807, 2.05) is 36.4 Å². The van der Waals surface area contributed by atoms with Crippen molar-refractivity contribution in [1.29, 1.82) is 0 Å². The smallest absolute Gasteiger partial charge is 0.251 e. The number of carbonyl (C=O) groups excluding carboxylic acids is 1. The minimum absolute atomic E-state index is 0.451. The number of primary amides is 1. The molecule has 0 bridgehead atoms. The van der Waals surface area contributed by atoms with Crippen LogP contribution in [0.5, 0.6) is 0 Å². The van der Waals surface area contributed by atoms with Gasteiger partial charge in [-0.15, -0.1) is 0 Å². The number of halogens is 1. The van der Waals surface area contributed by atoms with E-state index in [0.29, 0.717) is 16.6 Å². The van der Waals surface area contributed by atoms with Crippen LogP contribution >= 0.6 is 15.9 Å². The first-order valence-electron chi connectivity index (χ1n) is 6.24. The van der Waals surface area contributed by atoms with E-state index >= 15 is 0 Å². The van der Waals surface area contributed by atoms with Crippen molar-refractivity contribution in [3.8, 4) is 0 Å². The van der Waals surface area contributed by atoms with Gasteiger partial charge in [0.1, 0.15) is 0 Å². The molecule has 0 aliphatic rings. The van der Waals surface area contributed by atoms with Crippen molar-refractivity contribution in [2.45, 2.75) is 6.42 Å². The summed E-state index contributed by atoms with van der Waals surface area (Å²) in [4.78, 5) is 11.5. The summed E-state index contributed by atoms with van der Waals surface area (Å²) < 4.78 is 0.697. The minimum atomic E-state index is -0.451. The number of amides is 1. The summed E-state index contributed by atoms with van der Waals surface area (Å²) in [7, 11) is 0. The second kappa shape index (κ2) is 6.43. The van der Waals surface area contributed by atoms with E-state index in [0.717, 1.165) is 17.8 Å². The van der Waals surface area contributed by atoms with Crippen LogP contribution in [-0.4, -0.2) is 12.5 Å². The van der Waals surface area contributed by atoms with E-state index in [1.165, 1.54) is 5.56 Å². The van der Waals surface area contributed by atoms with Crippen molar-refractivity contribution in [1.82, 2.24) is 0 Å². The number of benzene rings is 2. The normalized spacial score (nSPS) is 10.2. The minimum Gasteiger partial charge on any atom is -0.399 e. The first-order valence-corrected chi connectivity index (χ1v) is 7.04. The predicted octanol–water partition coefficient (Wildman–Crippen LogP) is 2.78. The molecule has 2 aromatic carbocycles. The molecule has 0 fully saturated rings. The van der Waals surface area contributed by atoms with Crippen LogP contribution < -0.4 is 16.8 Å². The molecule has 20 heavy (non-hydrogen) atoms. The molecule has 0 spiro atoms. The molecular weight excluding hydrogens is 318 g/mol. The molecule has 4 nitrogen and oxygen atoms in total. The second-order valence-electron chi connectivity index (χ2n) is 4.45. The molecule has 1 amide bonds. The van der Waals surface area contributed by atoms with Crippen molar-refractivity contribution in [2.75, 3.05) is 17.6 Å². The summed E-state index contributed by atoms with van der Waals surface area (Å²) in [5, 5.41) is 3.24. The molecule has 5 N–H and O–H groups in total. The molecule has 0 aromatic heterocycles. The van der Waals surface area contributed by atoms with Crippen LogP contribution in [0.25, 0.3) is 0 Å². The Morgan fingerprint density at radius 3 is 2.50 bits per heavy atom. The summed E-state index contributed by atoms with van der Waals surface area (Å²) in [5.74, 6) is -0.451. The standard InChI is InChI=1S/C15H16BrN3O/c16-12-2-1-3-13(14(12)15(18)20)19-9-8-10-4-6-11(17)7-5-10/h1-7,19H,8-9,17H2,(H2,18,20). The number of hydrogen-bond acceptors (Lipinski definition) is 3. The fourth-order valence-corrected chi connectivity index (χ4v) is 2.51. The van der Waals surface area contributed by atoms with Crippen molar-refractivity contribution >= 4 is 33.2 Å². The average molecular weight is 334 g/mol. The van der Waals surface area contributed by atoms with Gasteiger partial charge in [-0.1, -0.05) is 18.2 Å². The molecule has 0 saturated carbocycles. The molecule has 0 radical (unpaired) electrons. The van der Waals surface area contributed by atoms with Gasteiger partial charge in [0.05, 0.1) is 5.56 Å². The molecule has 0 aliphatic heterocycles. The topological polar surface area (TPSA) is 81.1 Å². The van der Waals surface area contributed by atoms with Gasteiger partial charge in [0, 0.05) is 22.4 Å². The van der Waals surface area contributed by atoms with Crippen LogP contribution in [0.1, 0.15) is 15.9 Å². The number of carbonyl (C=O) groups is 1. The van der Waals surface area contributed by atoms with Crippen molar-refractivity contribution in [2.24, 2.45) is 5.73 Å². The summed E-state index contributed by atoms with van der Waals surface area (Å²) in [5.41, 5.74) is 14.2. The second-order valence-corrected chi connectivity index (χ2v) is 5.30. The van der Waals surface area contributed by atoms with Gasteiger partial charge in [0.15, 0.2) is 0 Å². The number of hydrogen-bond donors (Lipinski definition) is 3. The van der Waals surface area contributed by atoms with Gasteiger partial charge in [-0.25, -0.2) is 0 Å². The number of anilines is 2. The zero-order valence-corrected chi connectivity index (χ0v) is 12.5. The highest BCUT2D eigenvalue weighted by Crippen LogP contribution is 2.24. The van der Waals surface area contributed by atoms with Crippen LogP contribution in [0, 0.1) is 0 Å². The largest absolute Gasteiger partial charge is 0.399 e. The van der Waals surface area contributed by atoms with Gasteiger partial charge >= 0.3 is 0 Å². The summed E-state index contributed by atoms with van der Waals surface area (Å²) in [6.45, 7) is 0.709. The third-order valence-electron chi connectivity index (χ3n) is 2.97. The quantitative estimate of drug-likeness (QED) is 0.736. The molecule has 0 atom stereocenters. The fourth-order valence-electron chi connectivity index (χ4n) is 1.95. The Morgan fingerprint density at radius 2 is 1.85 bits per heavy atom. The predicted molar refractivity (Wildman–Crippen MR) is 85.7 cm³/mol. The summed E-state index contributed by atoms with van der Waals surface area (Å²) in [6, 6.07) is 13.2. The van der Waals surface area contributed by atoms with E-state index < -0.39 is 5.91 Å². The maximum atomic E-state index is 11.5. The van der Waals surface area contributed by atoms with Gasteiger partial charge in [-0.05, 0) is 52.2 Å². The molecule has 0 unspecified atom stereocenters. The molecule has 2 rings (SSSR count). The zero-order chi connectivity index (χ0) is 14.5. The number of nitrogens with one attached hydrogen (secondary N) is 1. The maximum absolute atomic E-state index is 11.5. The van der Waals surface area contributed by atoms with E-state index in [2.05, 4.69) is 21.2 Å². The summed E-state index contributed by atoms with van der Waals surface area (Å²) in [6.07, 6.45) is 0.838.